The normalized spacial score (nSPS) is 12.2. The van der Waals surface area contributed by atoms with Crippen molar-refractivity contribution >= 4 is 33.8 Å². The number of pyridine rings is 1. The van der Waals surface area contributed by atoms with Crippen LogP contribution in [0.4, 0.5) is 23.2 Å². The second kappa shape index (κ2) is 11.4. The van der Waals surface area contributed by atoms with Crippen LogP contribution in [0.15, 0.2) is 108 Å². The van der Waals surface area contributed by atoms with E-state index < -0.39 is 18.1 Å². The first kappa shape index (κ1) is 27.1. The van der Waals surface area contributed by atoms with E-state index in [9.17, 15) is 17.6 Å². The summed E-state index contributed by atoms with van der Waals surface area (Å²) in [6.07, 6.45) is -5.42. The lowest BCUT2D eigenvalue weighted by Crippen LogP contribution is -2.31. The van der Waals surface area contributed by atoms with Gasteiger partial charge in [-0.2, -0.15) is 13.2 Å². The van der Waals surface area contributed by atoms with Crippen LogP contribution in [0.3, 0.4) is 0 Å². The predicted octanol–water partition coefficient (Wildman–Crippen LogP) is 9.32. The summed E-state index contributed by atoms with van der Waals surface area (Å²) in [5, 5.41) is 0.503. The Bertz CT molecular complexity index is 1610. The van der Waals surface area contributed by atoms with Crippen molar-refractivity contribution in [2.24, 2.45) is 4.99 Å². The molecule has 0 unspecified atom stereocenters. The lowest BCUT2D eigenvalue weighted by atomic mass is 10.0. The van der Waals surface area contributed by atoms with E-state index in [1.165, 1.54) is 24.4 Å². The average molecular weight is 565 g/mol. The number of rotatable bonds is 7. The predicted molar refractivity (Wildman–Crippen MR) is 148 cm³/mol. The molecule has 5 rings (SSSR count). The standard InChI is InChI=1S/C31H21ClF4N2O2/c1-19(31(34,35)36)39-26-18-23(38-28(20-9-4-2-5-10-20)21-11-6-3-7-12-21)17-22-15-16-37-30(27(22)26)40-29-24(32)13-8-14-25(29)33/h2-19H,1H3/t19-/m0/s1. The number of benzene rings is 4. The summed E-state index contributed by atoms with van der Waals surface area (Å²) in [6.45, 7) is 0.895. The molecular formula is C31H21ClF4N2O2. The van der Waals surface area contributed by atoms with Gasteiger partial charge in [0.25, 0.3) is 0 Å². The summed E-state index contributed by atoms with van der Waals surface area (Å²) >= 11 is 6.12. The molecule has 0 bridgehead atoms. The summed E-state index contributed by atoms with van der Waals surface area (Å²) in [7, 11) is 0. The summed E-state index contributed by atoms with van der Waals surface area (Å²) in [5.41, 5.74) is 2.57. The van der Waals surface area contributed by atoms with Crippen molar-refractivity contribution in [3.8, 4) is 17.4 Å². The summed E-state index contributed by atoms with van der Waals surface area (Å²) in [4.78, 5) is 8.99. The number of hydrogen-bond donors (Lipinski definition) is 0. The minimum absolute atomic E-state index is 0.0264. The highest BCUT2D eigenvalue weighted by Gasteiger charge is 2.38. The minimum Gasteiger partial charge on any atom is -0.480 e. The third-order valence-electron chi connectivity index (χ3n) is 5.99. The molecule has 202 valence electrons. The zero-order valence-electron chi connectivity index (χ0n) is 21.0. The van der Waals surface area contributed by atoms with Gasteiger partial charge in [-0.3, -0.25) is 0 Å². The summed E-state index contributed by atoms with van der Waals surface area (Å²) < 4.78 is 66.4. The Morgan fingerprint density at radius 2 is 1.52 bits per heavy atom. The number of aromatic nitrogens is 1. The van der Waals surface area contributed by atoms with Gasteiger partial charge in [0.1, 0.15) is 5.75 Å². The van der Waals surface area contributed by atoms with Crippen molar-refractivity contribution < 1.29 is 27.0 Å². The van der Waals surface area contributed by atoms with Crippen molar-refractivity contribution in [2.75, 3.05) is 0 Å². The Kier molecular flexibility index (Phi) is 7.71. The average Bonchev–Trinajstić information content (AvgIpc) is 2.94. The number of aliphatic imine (C=N–C) groups is 1. The van der Waals surface area contributed by atoms with E-state index >= 15 is 0 Å². The number of halogens is 5. The van der Waals surface area contributed by atoms with Gasteiger partial charge in [-0.1, -0.05) is 78.3 Å². The molecule has 9 heteroatoms. The van der Waals surface area contributed by atoms with Gasteiger partial charge in [-0.25, -0.2) is 14.4 Å². The van der Waals surface area contributed by atoms with Gasteiger partial charge >= 0.3 is 6.18 Å². The molecule has 4 nitrogen and oxygen atoms in total. The van der Waals surface area contributed by atoms with E-state index in [0.717, 1.165) is 24.1 Å². The topological polar surface area (TPSA) is 43.7 Å². The largest absolute Gasteiger partial charge is 0.480 e. The molecule has 40 heavy (non-hydrogen) atoms. The van der Waals surface area contributed by atoms with Crippen LogP contribution in [0.1, 0.15) is 18.1 Å². The fourth-order valence-corrected chi connectivity index (χ4v) is 4.22. The van der Waals surface area contributed by atoms with Crippen LogP contribution in [-0.2, 0) is 0 Å². The first-order valence-electron chi connectivity index (χ1n) is 12.2. The van der Waals surface area contributed by atoms with Gasteiger partial charge in [-0.05, 0) is 36.6 Å². The molecule has 5 aromatic rings. The Balaban J connectivity index is 1.71. The second-order valence-corrected chi connectivity index (χ2v) is 9.21. The van der Waals surface area contributed by atoms with Crippen LogP contribution in [-0.4, -0.2) is 23.0 Å². The highest BCUT2D eigenvalue weighted by atomic mass is 35.5. The molecule has 0 fully saturated rings. The first-order chi connectivity index (χ1) is 19.2. The van der Waals surface area contributed by atoms with Gasteiger partial charge < -0.3 is 9.47 Å². The van der Waals surface area contributed by atoms with Crippen LogP contribution in [0.25, 0.3) is 10.8 Å². The lowest BCUT2D eigenvalue weighted by molar-refractivity contribution is -0.189. The maximum Gasteiger partial charge on any atom is 0.425 e. The van der Waals surface area contributed by atoms with E-state index in [1.807, 2.05) is 60.7 Å². The molecule has 0 aliphatic rings. The maximum atomic E-state index is 14.5. The summed E-state index contributed by atoms with van der Waals surface area (Å²) in [5.74, 6) is -1.42. The van der Waals surface area contributed by atoms with Crippen LogP contribution in [0.2, 0.25) is 5.02 Å². The van der Waals surface area contributed by atoms with Crippen molar-refractivity contribution in [1.82, 2.24) is 4.98 Å². The molecule has 0 spiro atoms. The zero-order chi connectivity index (χ0) is 28.3. The van der Waals surface area contributed by atoms with Gasteiger partial charge in [-0.15, -0.1) is 0 Å². The van der Waals surface area contributed by atoms with Crippen LogP contribution in [0, 0.1) is 5.82 Å². The molecule has 0 aliphatic carbocycles. The molecule has 0 saturated heterocycles. The number of nitrogens with zero attached hydrogens (tertiary/aromatic N) is 2. The molecular weight excluding hydrogens is 544 g/mol. The van der Waals surface area contributed by atoms with Crippen LogP contribution in [0.5, 0.6) is 17.4 Å². The Morgan fingerprint density at radius 1 is 0.875 bits per heavy atom. The van der Waals surface area contributed by atoms with Crippen molar-refractivity contribution in [2.45, 2.75) is 19.2 Å². The number of hydrogen-bond acceptors (Lipinski definition) is 4. The molecule has 0 radical (unpaired) electrons. The highest BCUT2D eigenvalue weighted by molar-refractivity contribution is 6.32. The smallest absolute Gasteiger partial charge is 0.425 e. The van der Waals surface area contributed by atoms with Crippen LogP contribution >= 0.6 is 11.6 Å². The van der Waals surface area contributed by atoms with Crippen LogP contribution < -0.4 is 9.47 Å². The summed E-state index contributed by atoms with van der Waals surface area (Å²) in [6, 6.07) is 27.4. The monoisotopic (exact) mass is 564 g/mol. The minimum atomic E-state index is -4.65. The van der Waals surface area contributed by atoms with Gasteiger partial charge in [0.05, 0.1) is 21.8 Å². The van der Waals surface area contributed by atoms with E-state index in [2.05, 4.69) is 4.98 Å². The first-order valence-corrected chi connectivity index (χ1v) is 12.6. The van der Waals surface area contributed by atoms with Gasteiger partial charge in [0, 0.05) is 23.4 Å². The van der Waals surface area contributed by atoms with E-state index in [-0.39, 0.29) is 27.8 Å². The van der Waals surface area contributed by atoms with Gasteiger partial charge in [0.2, 0.25) is 5.88 Å². The van der Waals surface area contributed by atoms with E-state index in [4.69, 9.17) is 26.1 Å². The third-order valence-corrected chi connectivity index (χ3v) is 6.29. The zero-order valence-corrected chi connectivity index (χ0v) is 21.7. The SMILES string of the molecule is C[C@H](Oc1cc(N=C(c2ccccc2)c2ccccc2)cc2ccnc(Oc3c(F)cccc3Cl)c12)C(F)(F)F. The molecule has 1 heterocycles. The molecule has 0 aliphatic heterocycles. The van der Waals surface area contributed by atoms with Gasteiger partial charge in [0.15, 0.2) is 17.7 Å². The molecule has 0 amide bonds. The quantitative estimate of drug-likeness (QED) is 0.146. The number of ether oxygens (including phenoxy) is 2. The van der Waals surface area contributed by atoms with Crippen molar-refractivity contribution in [3.05, 3.63) is 125 Å². The Labute approximate surface area is 232 Å². The number of fused-ring (bicyclic) bond motifs is 1. The molecule has 0 saturated carbocycles. The maximum absolute atomic E-state index is 14.5. The molecule has 1 atom stereocenters. The molecule has 4 aromatic carbocycles. The Hall–Kier alpha value is -4.43. The van der Waals surface area contributed by atoms with E-state index in [0.29, 0.717) is 16.8 Å². The van der Waals surface area contributed by atoms with Crippen molar-refractivity contribution in [3.63, 3.8) is 0 Å². The fraction of sp³-hybridized carbons (Fsp3) is 0.0968. The fourth-order valence-electron chi connectivity index (χ4n) is 4.02. The number of alkyl halides is 3. The van der Waals surface area contributed by atoms with Crippen molar-refractivity contribution in [1.29, 1.82) is 0 Å². The highest BCUT2D eigenvalue weighted by Crippen LogP contribution is 2.41. The third kappa shape index (κ3) is 5.92. The number of para-hydroxylation sites is 1. The Morgan fingerprint density at radius 3 is 2.12 bits per heavy atom. The second-order valence-electron chi connectivity index (χ2n) is 8.81. The van der Waals surface area contributed by atoms with E-state index in [1.54, 1.807) is 12.1 Å². The molecule has 1 aromatic heterocycles. The lowest BCUT2D eigenvalue weighted by Gasteiger charge is -2.20. The molecule has 0 N–H and O–H groups in total.